The number of hydrogen-bond donors (Lipinski definition) is 5. The van der Waals surface area contributed by atoms with Gasteiger partial charge < -0.3 is 35.3 Å². The van der Waals surface area contributed by atoms with E-state index >= 15 is 0 Å². The zero-order chi connectivity index (χ0) is 42.1. The molecule has 0 spiro atoms. The molecule has 0 aromatic carbocycles. The van der Waals surface area contributed by atoms with Crippen LogP contribution in [0.15, 0.2) is 52.7 Å². The number of aliphatic hydroxyl groups is 1. The second-order valence-electron chi connectivity index (χ2n) is 12.0. The molecule has 5 rings (SSSR count). The third kappa shape index (κ3) is 22.3. The third-order valence-corrected chi connectivity index (χ3v) is 9.08. The summed E-state index contributed by atoms with van der Waals surface area (Å²) in [4.78, 5) is 40.4. The molecule has 3 heterocycles. The summed E-state index contributed by atoms with van der Waals surface area (Å²) in [6.45, 7) is 6.27. The van der Waals surface area contributed by atoms with Crippen LogP contribution in [0.4, 0.5) is 8.78 Å². The van der Waals surface area contributed by atoms with Gasteiger partial charge in [0, 0.05) is 55.8 Å². The molecule has 0 aliphatic heterocycles. The molecule has 1 saturated carbocycles. The number of allylic oxidation sites excluding steroid dienone is 2. The van der Waals surface area contributed by atoms with Crippen LogP contribution in [0.3, 0.4) is 0 Å². The molecule has 18 heteroatoms. The molecule has 0 amide bonds. The molecule has 1 unspecified atom stereocenters. The summed E-state index contributed by atoms with van der Waals surface area (Å²) in [5.41, 5.74) is 7.53. The molecule has 3 aromatic heterocycles. The number of aliphatic hydroxyl groups excluding tert-OH is 1. The predicted molar refractivity (Wildman–Crippen MR) is 219 cm³/mol. The van der Waals surface area contributed by atoms with E-state index in [-0.39, 0.29) is 30.5 Å². The molecule has 0 radical (unpaired) electrons. The van der Waals surface area contributed by atoms with Crippen LogP contribution in [-0.4, -0.2) is 91.8 Å². The first-order valence-electron chi connectivity index (χ1n) is 18.1. The van der Waals surface area contributed by atoms with Gasteiger partial charge >= 0.3 is 0 Å². The molecule has 2 aliphatic rings. The maximum absolute atomic E-state index is 13.7. The maximum atomic E-state index is 13.7. The summed E-state index contributed by atoms with van der Waals surface area (Å²) in [6.07, 6.45) is 20.8. The van der Waals surface area contributed by atoms with Crippen molar-refractivity contribution in [3.05, 3.63) is 70.9 Å². The summed E-state index contributed by atoms with van der Waals surface area (Å²) in [5, 5.41) is 24.3. The van der Waals surface area contributed by atoms with Gasteiger partial charge in [0.25, 0.3) is 6.47 Å². The minimum Gasteiger partial charge on any atom is -0.483 e. The molecular weight excluding hydrogens is 769 g/mol. The highest BCUT2D eigenvalue weighted by Crippen LogP contribution is 2.24. The first kappa shape index (κ1) is 51.6. The van der Waals surface area contributed by atoms with Crippen LogP contribution in [0, 0.1) is 17.7 Å². The highest BCUT2D eigenvalue weighted by molar-refractivity contribution is 7.94. The molecule has 0 saturated heterocycles. The number of methoxy groups -OCH3 is 1. The Morgan fingerprint density at radius 1 is 1.12 bits per heavy atom. The van der Waals surface area contributed by atoms with Crippen molar-refractivity contribution >= 4 is 54.3 Å². The number of aromatic nitrogens is 4. The highest BCUT2D eigenvalue weighted by Gasteiger charge is 2.15. The second kappa shape index (κ2) is 32.8. The van der Waals surface area contributed by atoms with Crippen molar-refractivity contribution < 1.29 is 42.7 Å². The Balaban J connectivity index is 0.000000750. The fourth-order valence-electron chi connectivity index (χ4n) is 4.70. The van der Waals surface area contributed by atoms with Crippen molar-refractivity contribution in [1.82, 2.24) is 25.1 Å². The van der Waals surface area contributed by atoms with Crippen molar-refractivity contribution in [2.75, 3.05) is 20.8 Å². The van der Waals surface area contributed by atoms with Crippen molar-refractivity contribution in [1.29, 1.82) is 0 Å². The van der Waals surface area contributed by atoms with E-state index in [9.17, 15) is 18.4 Å². The van der Waals surface area contributed by atoms with E-state index in [4.69, 9.17) is 30.0 Å². The molecule has 14 nitrogen and oxygen atoms in total. The second-order valence-corrected chi connectivity index (χ2v) is 13.6. The van der Waals surface area contributed by atoms with E-state index in [1.54, 1.807) is 43.6 Å². The number of hydrogen-bond acceptors (Lipinski definition) is 14. The van der Waals surface area contributed by atoms with Crippen LogP contribution in [0.1, 0.15) is 94.7 Å². The zero-order valence-corrected chi connectivity index (χ0v) is 34.4. The van der Waals surface area contributed by atoms with E-state index < -0.39 is 11.8 Å². The molecular formula is C38H57F2N7O7S2. The number of aliphatic imine (C=N–C) groups is 1. The van der Waals surface area contributed by atoms with Crippen LogP contribution in [0.25, 0.3) is 16.3 Å². The van der Waals surface area contributed by atoms with Gasteiger partial charge in [0.1, 0.15) is 29.4 Å². The lowest BCUT2D eigenvalue weighted by atomic mass is 9.96. The van der Waals surface area contributed by atoms with E-state index in [1.807, 2.05) is 13.1 Å². The van der Waals surface area contributed by atoms with Crippen molar-refractivity contribution in [2.45, 2.75) is 96.6 Å². The van der Waals surface area contributed by atoms with E-state index in [1.165, 1.54) is 37.0 Å². The number of nitrogens with two attached hydrogens (primary N) is 1. The quantitative estimate of drug-likeness (QED) is 0.0424. The van der Waals surface area contributed by atoms with Gasteiger partial charge in [-0.15, -0.1) is 11.3 Å². The average molecular weight is 826 g/mol. The molecule has 2 atom stereocenters. The largest absolute Gasteiger partial charge is 0.483 e. The first-order valence-corrected chi connectivity index (χ1v) is 19.8. The molecule has 312 valence electrons. The van der Waals surface area contributed by atoms with Crippen molar-refractivity contribution in [3.8, 4) is 10.6 Å². The number of unbranched alkanes of at least 4 members (excludes halogenated alkanes) is 1. The minimum absolute atomic E-state index is 0.0501. The Hall–Kier alpha value is -4.36. The number of nitrogens with zero attached hydrogens (tertiary/aromatic N) is 5. The van der Waals surface area contributed by atoms with Gasteiger partial charge in [0.15, 0.2) is 12.1 Å². The summed E-state index contributed by atoms with van der Waals surface area (Å²) in [7, 11) is 3.27. The van der Waals surface area contributed by atoms with Gasteiger partial charge in [-0.3, -0.25) is 14.6 Å². The number of ether oxygens (including phenoxy) is 1. The van der Waals surface area contributed by atoms with Crippen LogP contribution in [-0.2, 0) is 21.1 Å². The summed E-state index contributed by atoms with van der Waals surface area (Å²) in [6, 6.07) is 2.25. The lowest BCUT2D eigenvalue weighted by Gasteiger charge is -2.17. The lowest BCUT2D eigenvalue weighted by molar-refractivity contribution is -0.122. The maximum Gasteiger partial charge on any atom is 0.290 e. The number of rotatable bonds is 11. The number of halogens is 2. The van der Waals surface area contributed by atoms with Crippen molar-refractivity contribution in [2.24, 2.45) is 16.6 Å². The summed E-state index contributed by atoms with van der Waals surface area (Å²) in [5.74, 6) is -0.713. The van der Waals surface area contributed by atoms with Crippen molar-refractivity contribution in [3.63, 3.8) is 0 Å². The Bertz CT molecular complexity index is 1600. The highest BCUT2D eigenvalue weighted by atomic mass is 32.2. The number of carbonyl (C=O) groups excluding carboxylic acids is 2. The number of aldehydes is 2. The number of nitrogens with one attached hydrogen (secondary N) is 1. The number of thiazole rings is 1. The molecule has 56 heavy (non-hydrogen) atoms. The Morgan fingerprint density at radius 3 is 2.30 bits per heavy atom. The molecule has 1 fully saturated rings. The molecule has 3 aromatic rings. The Kier molecular flexibility index (Phi) is 30.3. The van der Waals surface area contributed by atoms with Gasteiger partial charge in [-0.05, 0) is 69.1 Å². The third-order valence-electron chi connectivity index (χ3n) is 7.50. The standard InChI is InChI=1S/C15H20F2N4.C9H9N3O2S.C7H12OS.C4H8O.C2H6O.CH2O2/c1-19-12(9-20-10-5-3-2-4-6-10)14(18)15-11(16)7-8-13(17)21-15;1-14-6-12-3-7(2-10-12)9-11-8(4-13)5-15-9;1-6-2-4-7(9-8)5-3-6;1-2-3-4-5;1-2-3;2-1-3/h7-10,19H,2-6,18H2,1H3;2-5H,6H2,1H3;2,4,6-8H,3,5H2,1H3;4H,2-3H2,1H3;3H,2H2,1H3;1H,(H,2,3)/b14-12+,20-9?;;;;;/t;;6-,7?;;;/m..0.../s1. The molecule has 2 aliphatic carbocycles. The van der Waals surface area contributed by atoms with Crippen LogP contribution in [0.5, 0.6) is 0 Å². The topological polar surface area (TPSA) is 215 Å². The Labute approximate surface area is 336 Å². The van der Waals surface area contributed by atoms with E-state index in [0.717, 1.165) is 73.0 Å². The molecule has 6 N–H and O–H groups in total. The van der Waals surface area contributed by atoms with E-state index in [0.29, 0.717) is 35.7 Å². The average Bonchev–Trinajstić information content (AvgIpc) is 3.89. The smallest absolute Gasteiger partial charge is 0.290 e. The minimum atomic E-state index is -0.769. The van der Waals surface area contributed by atoms with Gasteiger partial charge in [-0.2, -0.15) is 9.49 Å². The lowest BCUT2D eigenvalue weighted by Crippen LogP contribution is -2.18. The summed E-state index contributed by atoms with van der Waals surface area (Å²) < 4.78 is 42.1. The number of carbonyl (C=O) groups is 3. The van der Waals surface area contributed by atoms with Crippen LogP contribution in [0.2, 0.25) is 0 Å². The monoisotopic (exact) mass is 825 g/mol. The van der Waals surface area contributed by atoms with Crippen LogP contribution >= 0.6 is 23.4 Å². The van der Waals surface area contributed by atoms with Gasteiger partial charge in [0.05, 0.1) is 23.6 Å². The van der Waals surface area contributed by atoms with Gasteiger partial charge in [0.2, 0.25) is 5.95 Å². The van der Waals surface area contributed by atoms with Crippen LogP contribution < -0.4 is 11.1 Å². The summed E-state index contributed by atoms with van der Waals surface area (Å²) >= 11 is 2.38. The predicted octanol–water partition coefficient (Wildman–Crippen LogP) is 7.27. The fraction of sp³-hybridized carbons (Fsp3) is 0.500. The SMILES string of the molecule is CCCC=O.CCO.CN/C(C=NC1CCCCC1)=C(/N)c1nc(F)ccc1F.COCn1cc(-c2nc(C=O)cs2)cn1.C[C@H]1C=CC(SO)CC1.O=CO. The van der Waals surface area contributed by atoms with E-state index in [2.05, 4.69) is 44.5 Å². The van der Waals surface area contributed by atoms with Gasteiger partial charge in [-0.25, -0.2) is 19.0 Å². The zero-order valence-electron chi connectivity index (χ0n) is 32.7. The number of pyridine rings is 1. The molecule has 0 bridgehead atoms. The first-order chi connectivity index (χ1) is 27.0. The normalized spacial score (nSPS) is 16.3. The van der Waals surface area contributed by atoms with Gasteiger partial charge in [-0.1, -0.05) is 45.3 Å². The Morgan fingerprint density at radius 2 is 1.80 bits per heavy atom. The number of carboxylic acid groups (broad SMARTS) is 1. The fourth-order valence-corrected chi connectivity index (χ4v) is 5.84.